The second-order valence-corrected chi connectivity index (χ2v) is 7.80. The average molecular weight is 456 g/mol. The van der Waals surface area contributed by atoms with Crippen LogP contribution < -0.4 is 5.32 Å². The molecule has 0 aliphatic heterocycles. The topological polar surface area (TPSA) is 55.4 Å². The highest BCUT2D eigenvalue weighted by molar-refractivity contribution is 6.33. The minimum atomic E-state index is -0.393. The van der Waals surface area contributed by atoms with E-state index in [1.807, 2.05) is 42.5 Å². The molecule has 0 heterocycles. The van der Waals surface area contributed by atoms with Crippen LogP contribution in [-0.4, -0.2) is 18.5 Å². The molecule has 0 unspecified atom stereocenters. The molecular formula is C28H22ClNO3. The Kier molecular flexibility index (Phi) is 6.86. The van der Waals surface area contributed by atoms with Crippen molar-refractivity contribution in [2.45, 2.75) is 6.92 Å². The molecule has 33 heavy (non-hydrogen) atoms. The SMILES string of the molecule is CCOC(=O)c1ccc(NC(=O)c2ccc(Cl)c(-c3ccc(-c4ccccc4)cc3)c2)cc1. The number of rotatable bonds is 6. The third-order valence-corrected chi connectivity index (χ3v) is 5.52. The first-order valence-electron chi connectivity index (χ1n) is 10.6. The zero-order valence-corrected chi connectivity index (χ0v) is 18.8. The number of anilines is 1. The number of benzene rings is 4. The summed E-state index contributed by atoms with van der Waals surface area (Å²) in [5, 5.41) is 3.42. The van der Waals surface area contributed by atoms with Crippen LogP contribution in [0.5, 0.6) is 0 Å². The first-order valence-corrected chi connectivity index (χ1v) is 11.0. The fourth-order valence-electron chi connectivity index (χ4n) is 3.47. The molecule has 0 aliphatic rings. The van der Waals surface area contributed by atoms with Crippen molar-refractivity contribution < 1.29 is 14.3 Å². The summed E-state index contributed by atoms with van der Waals surface area (Å²) < 4.78 is 4.98. The summed E-state index contributed by atoms with van der Waals surface area (Å²) in [6, 6.07) is 30.0. The summed E-state index contributed by atoms with van der Waals surface area (Å²) in [7, 11) is 0. The lowest BCUT2D eigenvalue weighted by Crippen LogP contribution is -2.12. The average Bonchev–Trinajstić information content (AvgIpc) is 2.85. The number of carbonyl (C=O) groups is 2. The van der Waals surface area contributed by atoms with Gasteiger partial charge in [0.05, 0.1) is 12.2 Å². The highest BCUT2D eigenvalue weighted by Crippen LogP contribution is 2.31. The van der Waals surface area contributed by atoms with Crippen LogP contribution in [0, 0.1) is 0 Å². The van der Waals surface area contributed by atoms with Gasteiger partial charge in [0, 0.05) is 21.8 Å². The molecular weight excluding hydrogens is 434 g/mol. The van der Waals surface area contributed by atoms with Gasteiger partial charge < -0.3 is 10.1 Å². The Morgan fingerprint density at radius 1 is 0.758 bits per heavy atom. The number of amides is 1. The van der Waals surface area contributed by atoms with E-state index in [1.54, 1.807) is 49.4 Å². The second kappa shape index (κ2) is 10.2. The molecule has 4 aromatic carbocycles. The number of esters is 1. The molecule has 0 atom stereocenters. The quantitative estimate of drug-likeness (QED) is 0.315. The molecule has 0 fully saturated rings. The number of halogens is 1. The predicted octanol–water partition coefficient (Wildman–Crippen LogP) is 7.10. The predicted molar refractivity (Wildman–Crippen MR) is 133 cm³/mol. The molecule has 5 heteroatoms. The maximum absolute atomic E-state index is 12.8. The van der Waals surface area contributed by atoms with Gasteiger partial charge in [0.2, 0.25) is 0 Å². The minimum Gasteiger partial charge on any atom is -0.462 e. The lowest BCUT2D eigenvalue weighted by atomic mass is 9.99. The van der Waals surface area contributed by atoms with E-state index in [1.165, 1.54) is 0 Å². The molecule has 4 nitrogen and oxygen atoms in total. The maximum Gasteiger partial charge on any atom is 0.338 e. The lowest BCUT2D eigenvalue weighted by Gasteiger charge is -2.10. The van der Waals surface area contributed by atoms with Crippen molar-refractivity contribution in [3.05, 3.63) is 113 Å². The van der Waals surface area contributed by atoms with Gasteiger partial charge in [0.1, 0.15) is 0 Å². The first-order chi connectivity index (χ1) is 16.0. The number of hydrogen-bond donors (Lipinski definition) is 1. The van der Waals surface area contributed by atoms with Gasteiger partial charge in [-0.3, -0.25) is 4.79 Å². The Hall–Kier alpha value is -3.89. The summed E-state index contributed by atoms with van der Waals surface area (Å²) >= 11 is 6.45. The van der Waals surface area contributed by atoms with Crippen LogP contribution in [0.1, 0.15) is 27.6 Å². The molecule has 0 spiro atoms. The third kappa shape index (κ3) is 5.30. The van der Waals surface area contributed by atoms with E-state index in [0.29, 0.717) is 28.4 Å². The van der Waals surface area contributed by atoms with E-state index in [4.69, 9.17) is 16.3 Å². The summed E-state index contributed by atoms with van der Waals surface area (Å²) in [5.41, 5.74) is 5.44. The zero-order valence-electron chi connectivity index (χ0n) is 18.0. The van der Waals surface area contributed by atoms with Crippen LogP contribution in [0.4, 0.5) is 5.69 Å². The Morgan fingerprint density at radius 2 is 1.36 bits per heavy atom. The van der Waals surface area contributed by atoms with Gasteiger partial charge in [0.25, 0.3) is 5.91 Å². The summed E-state index contributed by atoms with van der Waals surface area (Å²) in [6.07, 6.45) is 0. The zero-order chi connectivity index (χ0) is 23.2. The highest BCUT2D eigenvalue weighted by Gasteiger charge is 2.12. The van der Waals surface area contributed by atoms with Crippen LogP contribution in [-0.2, 0) is 4.74 Å². The normalized spacial score (nSPS) is 10.5. The highest BCUT2D eigenvalue weighted by atomic mass is 35.5. The Labute approximate surface area is 197 Å². The molecule has 0 aromatic heterocycles. The number of nitrogens with one attached hydrogen (secondary N) is 1. The van der Waals surface area contributed by atoms with E-state index in [0.717, 1.165) is 22.3 Å². The van der Waals surface area contributed by atoms with Gasteiger partial charge in [-0.15, -0.1) is 0 Å². The van der Waals surface area contributed by atoms with Gasteiger partial charge in [-0.05, 0) is 66.1 Å². The van der Waals surface area contributed by atoms with Crippen LogP contribution in [0.2, 0.25) is 5.02 Å². The van der Waals surface area contributed by atoms with Crippen molar-refractivity contribution in [1.82, 2.24) is 0 Å². The summed E-state index contributed by atoms with van der Waals surface area (Å²) in [5.74, 6) is -0.659. The van der Waals surface area contributed by atoms with Crippen LogP contribution in [0.3, 0.4) is 0 Å². The fourth-order valence-corrected chi connectivity index (χ4v) is 3.69. The van der Waals surface area contributed by atoms with E-state index < -0.39 is 5.97 Å². The molecule has 0 aliphatic carbocycles. The molecule has 0 bridgehead atoms. The van der Waals surface area contributed by atoms with E-state index in [-0.39, 0.29) is 5.91 Å². The molecule has 0 saturated heterocycles. The summed E-state index contributed by atoms with van der Waals surface area (Å²) in [6.45, 7) is 2.07. The smallest absolute Gasteiger partial charge is 0.338 e. The lowest BCUT2D eigenvalue weighted by molar-refractivity contribution is 0.0526. The molecule has 1 amide bonds. The Bertz CT molecular complexity index is 1270. The van der Waals surface area contributed by atoms with Crippen molar-refractivity contribution in [3.8, 4) is 22.3 Å². The number of hydrogen-bond acceptors (Lipinski definition) is 3. The van der Waals surface area contributed by atoms with E-state index in [9.17, 15) is 9.59 Å². The van der Waals surface area contributed by atoms with Gasteiger partial charge in [0.15, 0.2) is 0 Å². The first kappa shape index (κ1) is 22.3. The van der Waals surface area contributed by atoms with E-state index in [2.05, 4.69) is 17.4 Å². The van der Waals surface area contributed by atoms with Crippen LogP contribution >= 0.6 is 11.6 Å². The van der Waals surface area contributed by atoms with Gasteiger partial charge >= 0.3 is 5.97 Å². The molecule has 0 saturated carbocycles. The van der Waals surface area contributed by atoms with Crippen molar-refractivity contribution in [1.29, 1.82) is 0 Å². The molecule has 164 valence electrons. The van der Waals surface area contributed by atoms with Crippen molar-refractivity contribution in [2.75, 3.05) is 11.9 Å². The van der Waals surface area contributed by atoms with Crippen molar-refractivity contribution in [2.24, 2.45) is 0 Å². The van der Waals surface area contributed by atoms with Gasteiger partial charge in [-0.1, -0.05) is 66.2 Å². The summed E-state index contributed by atoms with van der Waals surface area (Å²) in [4.78, 5) is 24.6. The number of ether oxygens (including phenoxy) is 1. The third-order valence-electron chi connectivity index (χ3n) is 5.19. The second-order valence-electron chi connectivity index (χ2n) is 7.39. The monoisotopic (exact) mass is 455 g/mol. The van der Waals surface area contributed by atoms with Crippen molar-refractivity contribution >= 4 is 29.2 Å². The fraction of sp³-hybridized carbons (Fsp3) is 0.0714. The van der Waals surface area contributed by atoms with Crippen LogP contribution in [0.25, 0.3) is 22.3 Å². The van der Waals surface area contributed by atoms with Gasteiger partial charge in [-0.25, -0.2) is 4.79 Å². The molecule has 0 radical (unpaired) electrons. The standard InChI is InChI=1S/C28H22ClNO3/c1-2-33-28(32)22-12-15-24(16-13-22)30-27(31)23-14-17-26(29)25(18-23)21-10-8-20(9-11-21)19-6-4-3-5-7-19/h3-18H,2H2,1H3,(H,30,31). The Balaban J connectivity index is 1.52. The molecule has 4 rings (SSSR count). The van der Waals surface area contributed by atoms with Crippen LogP contribution in [0.15, 0.2) is 97.1 Å². The Morgan fingerprint density at radius 3 is 2.03 bits per heavy atom. The molecule has 1 N–H and O–H groups in total. The minimum absolute atomic E-state index is 0.266. The molecule has 4 aromatic rings. The van der Waals surface area contributed by atoms with Crippen molar-refractivity contribution in [3.63, 3.8) is 0 Å². The van der Waals surface area contributed by atoms with Gasteiger partial charge in [-0.2, -0.15) is 0 Å². The van der Waals surface area contributed by atoms with E-state index >= 15 is 0 Å². The number of carbonyl (C=O) groups excluding carboxylic acids is 2. The largest absolute Gasteiger partial charge is 0.462 e. The maximum atomic E-state index is 12.8.